The van der Waals surface area contributed by atoms with Crippen molar-refractivity contribution in [3.05, 3.63) is 28.2 Å². The van der Waals surface area contributed by atoms with Crippen molar-refractivity contribution in [1.82, 2.24) is 10.2 Å². The number of rotatable bonds is 4. The van der Waals surface area contributed by atoms with E-state index < -0.39 is 0 Å². The van der Waals surface area contributed by atoms with E-state index in [4.69, 9.17) is 4.74 Å². The van der Waals surface area contributed by atoms with Gasteiger partial charge in [0.1, 0.15) is 5.75 Å². The molecule has 0 aromatic heterocycles. The normalized spacial score (nSPS) is 26.3. The summed E-state index contributed by atoms with van der Waals surface area (Å²) in [5, 5.41) is 3.77. The molecule has 2 aliphatic heterocycles. The Morgan fingerprint density at radius 2 is 2.30 bits per heavy atom. The second kappa shape index (κ2) is 6.46. The first-order chi connectivity index (χ1) is 9.78. The molecule has 3 nitrogen and oxygen atoms in total. The van der Waals surface area contributed by atoms with Gasteiger partial charge in [-0.3, -0.25) is 4.90 Å². The SMILES string of the molecule is CCN1CCCC1CNC1CCOc2ccc(Br)cc21. The average molecular weight is 339 g/mol. The fourth-order valence-corrected chi connectivity index (χ4v) is 3.78. The molecule has 2 heterocycles. The minimum absolute atomic E-state index is 0.426. The fourth-order valence-electron chi connectivity index (χ4n) is 3.40. The van der Waals surface area contributed by atoms with Crippen molar-refractivity contribution in [2.75, 3.05) is 26.2 Å². The summed E-state index contributed by atoms with van der Waals surface area (Å²) in [5.41, 5.74) is 1.30. The lowest BCUT2D eigenvalue weighted by molar-refractivity contribution is 0.225. The largest absolute Gasteiger partial charge is 0.493 e. The number of nitrogens with one attached hydrogen (secondary N) is 1. The molecule has 2 aliphatic rings. The van der Waals surface area contributed by atoms with E-state index in [2.05, 4.69) is 51.3 Å². The molecule has 0 saturated carbocycles. The smallest absolute Gasteiger partial charge is 0.124 e. The molecule has 110 valence electrons. The van der Waals surface area contributed by atoms with Crippen LogP contribution in [-0.4, -0.2) is 37.2 Å². The Morgan fingerprint density at radius 3 is 3.15 bits per heavy atom. The Labute approximate surface area is 129 Å². The van der Waals surface area contributed by atoms with Gasteiger partial charge < -0.3 is 10.1 Å². The molecule has 1 saturated heterocycles. The minimum Gasteiger partial charge on any atom is -0.493 e. The van der Waals surface area contributed by atoms with Crippen LogP contribution in [0.5, 0.6) is 5.75 Å². The van der Waals surface area contributed by atoms with Crippen molar-refractivity contribution in [2.24, 2.45) is 0 Å². The van der Waals surface area contributed by atoms with E-state index >= 15 is 0 Å². The van der Waals surface area contributed by atoms with Crippen LogP contribution in [0.2, 0.25) is 0 Å². The van der Waals surface area contributed by atoms with Crippen molar-refractivity contribution in [3.8, 4) is 5.75 Å². The second-order valence-electron chi connectivity index (χ2n) is 5.70. The molecular weight excluding hydrogens is 316 g/mol. The highest BCUT2D eigenvalue weighted by Crippen LogP contribution is 2.34. The van der Waals surface area contributed by atoms with Crippen molar-refractivity contribution < 1.29 is 4.74 Å². The van der Waals surface area contributed by atoms with Gasteiger partial charge >= 0.3 is 0 Å². The van der Waals surface area contributed by atoms with Crippen LogP contribution in [0.3, 0.4) is 0 Å². The standard InChI is InChI=1S/C16H23BrN2O/c1-2-19-8-3-4-13(19)11-18-15-7-9-20-16-6-5-12(17)10-14(15)16/h5-6,10,13,15,18H,2-4,7-9,11H2,1H3. The Morgan fingerprint density at radius 1 is 1.40 bits per heavy atom. The van der Waals surface area contributed by atoms with E-state index in [1.54, 1.807) is 0 Å². The van der Waals surface area contributed by atoms with Crippen LogP contribution >= 0.6 is 15.9 Å². The molecule has 4 heteroatoms. The van der Waals surface area contributed by atoms with Crippen molar-refractivity contribution in [3.63, 3.8) is 0 Å². The molecule has 3 rings (SSSR count). The zero-order valence-corrected chi connectivity index (χ0v) is 13.7. The van der Waals surface area contributed by atoms with Gasteiger partial charge in [0.05, 0.1) is 6.61 Å². The maximum absolute atomic E-state index is 5.75. The van der Waals surface area contributed by atoms with E-state index in [0.717, 1.165) is 29.8 Å². The third kappa shape index (κ3) is 3.02. The number of nitrogens with zero attached hydrogens (tertiary/aromatic N) is 1. The van der Waals surface area contributed by atoms with Crippen LogP contribution < -0.4 is 10.1 Å². The fraction of sp³-hybridized carbons (Fsp3) is 0.625. The van der Waals surface area contributed by atoms with Gasteiger partial charge in [-0.2, -0.15) is 0 Å². The third-order valence-electron chi connectivity index (χ3n) is 4.52. The summed E-state index contributed by atoms with van der Waals surface area (Å²) in [7, 11) is 0. The summed E-state index contributed by atoms with van der Waals surface area (Å²) >= 11 is 3.56. The maximum Gasteiger partial charge on any atom is 0.124 e. The summed E-state index contributed by atoms with van der Waals surface area (Å²) in [6.07, 6.45) is 3.73. The van der Waals surface area contributed by atoms with E-state index in [-0.39, 0.29) is 0 Å². The molecule has 0 radical (unpaired) electrons. The summed E-state index contributed by atoms with van der Waals surface area (Å²) in [6.45, 7) is 6.60. The third-order valence-corrected chi connectivity index (χ3v) is 5.01. The van der Waals surface area contributed by atoms with E-state index in [1.165, 1.54) is 31.5 Å². The number of fused-ring (bicyclic) bond motifs is 1. The molecule has 2 unspecified atom stereocenters. The minimum atomic E-state index is 0.426. The first-order valence-electron chi connectivity index (χ1n) is 7.67. The van der Waals surface area contributed by atoms with E-state index in [1.807, 2.05) is 0 Å². The Balaban J connectivity index is 1.66. The molecule has 1 fully saturated rings. The van der Waals surface area contributed by atoms with Gasteiger partial charge in [-0.25, -0.2) is 0 Å². The highest BCUT2D eigenvalue weighted by atomic mass is 79.9. The quantitative estimate of drug-likeness (QED) is 0.911. The summed E-state index contributed by atoms with van der Waals surface area (Å²) < 4.78 is 6.88. The van der Waals surface area contributed by atoms with Crippen LogP contribution in [0.1, 0.15) is 37.8 Å². The first kappa shape index (κ1) is 14.4. The molecule has 0 amide bonds. The molecule has 0 spiro atoms. The highest BCUT2D eigenvalue weighted by Gasteiger charge is 2.26. The monoisotopic (exact) mass is 338 g/mol. The predicted molar refractivity (Wildman–Crippen MR) is 85.3 cm³/mol. The lowest BCUT2D eigenvalue weighted by Gasteiger charge is -2.30. The van der Waals surface area contributed by atoms with Gasteiger partial charge in [-0.15, -0.1) is 0 Å². The van der Waals surface area contributed by atoms with Gasteiger partial charge in [0.15, 0.2) is 0 Å². The lowest BCUT2D eigenvalue weighted by atomic mass is 10.00. The van der Waals surface area contributed by atoms with E-state index in [9.17, 15) is 0 Å². The lowest BCUT2D eigenvalue weighted by Crippen LogP contribution is -2.40. The van der Waals surface area contributed by atoms with Gasteiger partial charge in [-0.05, 0) is 44.1 Å². The maximum atomic E-state index is 5.75. The number of hydrogen-bond acceptors (Lipinski definition) is 3. The molecule has 2 atom stereocenters. The molecule has 1 aromatic carbocycles. The van der Waals surface area contributed by atoms with Gasteiger partial charge in [0, 0.05) is 35.1 Å². The van der Waals surface area contributed by atoms with Crippen molar-refractivity contribution in [1.29, 1.82) is 0 Å². The van der Waals surface area contributed by atoms with E-state index in [0.29, 0.717) is 12.1 Å². The number of hydrogen-bond donors (Lipinski definition) is 1. The van der Waals surface area contributed by atoms with Crippen LogP contribution in [-0.2, 0) is 0 Å². The molecule has 20 heavy (non-hydrogen) atoms. The number of ether oxygens (including phenoxy) is 1. The van der Waals surface area contributed by atoms with Gasteiger partial charge in [0.25, 0.3) is 0 Å². The Hall–Kier alpha value is -0.580. The topological polar surface area (TPSA) is 24.5 Å². The molecule has 1 N–H and O–H groups in total. The van der Waals surface area contributed by atoms with Crippen LogP contribution in [0.15, 0.2) is 22.7 Å². The average Bonchev–Trinajstić information content (AvgIpc) is 2.92. The Bertz CT molecular complexity index is 466. The summed E-state index contributed by atoms with van der Waals surface area (Å²) in [4.78, 5) is 2.59. The van der Waals surface area contributed by atoms with Crippen molar-refractivity contribution in [2.45, 2.75) is 38.3 Å². The number of likely N-dealkylation sites (tertiary alicyclic amines) is 1. The van der Waals surface area contributed by atoms with Crippen LogP contribution in [0.25, 0.3) is 0 Å². The summed E-state index contributed by atoms with van der Waals surface area (Å²) in [5.74, 6) is 1.04. The Kier molecular flexibility index (Phi) is 4.64. The second-order valence-corrected chi connectivity index (χ2v) is 6.62. The number of benzene rings is 1. The zero-order valence-electron chi connectivity index (χ0n) is 12.1. The molecule has 0 aliphatic carbocycles. The number of likely N-dealkylation sites (N-methyl/N-ethyl adjacent to an activating group) is 1. The van der Waals surface area contributed by atoms with Crippen molar-refractivity contribution >= 4 is 15.9 Å². The molecular formula is C16H23BrN2O. The molecule has 1 aromatic rings. The number of halogens is 1. The van der Waals surface area contributed by atoms with Crippen LogP contribution in [0, 0.1) is 0 Å². The van der Waals surface area contributed by atoms with Crippen LogP contribution in [0.4, 0.5) is 0 Å². The zero-order chi connectivity index (χ0) is 13.9. The van der Waals surface area contributed by atoms with Gasteiger partial charge in [0.2, 0.25) is 0 Å². The highest BCUT2D eigenvalue weighted by molar-refractivity contribution is 9.10. The summed E-state index contributed by atoms with van der Waals surface area (Å²) in [6, 6.07) is 7.45. The van der Waals surface area contributed by atoms with Gasteiger partial charge in [-0.1, -0.05) is 22.9 Å². The molecule has 0 bridgehead atoms. The first-order valence-corrected chi connectivity index (χ1v) is 8.47. The predicted octanol–water partition coefficient (Wildman–Crippen LogP) is 3.35.